The Morgan fingerprint density at radius 1 is 0.681 bits per heavy atom. The maximum atomic E-state index is 12.7. The number of unbranched alkanes of at least 4 members (excludes halogenated alkanes) is 16. The number of ether oxygens (including phenoxy) is 4. The van der Waals surface area contributed by atoms with Crippen LogP contribution in [0.2, 0.25) is 0 Å². The third-order valence-corrected chi connectivity index (χ3v) is 8.62. The van der Waals surface area contributed by atoms with E-state index in [2.05, 4.69) is 38.2 Å². The molecule has 6 atom stereocenters. The van der Waals surface area contributed by atoms with Crippen molar-refractivity contribution in [3.8, 4) is 0 Å². The van der Waals surface area contributed by atoms with Gasteiger partial charge in [0.25, 0.3) is 0 Å². The second kappa shape index (κ2) is 30.7. The van der Waals surface area contributed by atoms with E-state index >= 15 is 0 Å². The van der Waals surface area contributed by atoms with E-state index in [1.54, 1.807) is 0 Å². The quantitative estimate of drug-likeness (QED) is 0.0347. The van der Waals surface area contributed by atoms with Gasteiger partial charge in [-0.15, -0.1) is 0 Å². The Morgan fingerprint density at radius 2 is 1.23 bits per heavy atom. The molecule has 0 bridgehead atoms. The van der Waals surface area contributed by atoms with E-state index in [1.165, 1.54) is 70.6 Å². The van der Waals surface area contributed by atoms with E-state index in [-0.39, 0.29) is 19.2 Å². The van der Waals surface area contributed by atoms with E-state index in [1.807, 2.05) is 0 Å². The van der Waals surface area contributed by atoms with Crippen molar-refractivity contribution in [3.05, 3.63) is 24.3 Å². The topological polar surface area (TPSA) is 135 Å². The summed E-state index contributed by atoms with van der Waals surface area (Å²) in [5, 5.41) is 39.8. The number of aliphatic hydroxyl groups is 4. The van der Waals surface area contributed by atoms with Crippen LogP contribution in [-0.2, 0) is 23.7 Å². The fourth-order valence-corrected chi connectivity index (χ4v) is 5.58. The molecule has 4 N–H and O–H groups in total. The van der Waals surface area contributed by atoms with Crippen LogP contribution in [0.15, 0.2) is 24.3 Å². The largest absolute Gasteiger partial charge is 0.457 e. The van der Waals surface area contributed by atoms with Gasteiger partial charge in [0.2, 0.25) is 0 Å². The SMILES string of the molecule is CCCCCC/C=C\C/C=C\CCCCCCCC(=O)OC(COCCCCCCCCCC)COC1OC(CO)C(O)C(O)C1O. The summed E-state index contributed by atoms with van der Waals surface area (Å²) >= 11 is 0. The Balaban J connectivity index is 2.32. The zero-order valence-corrected chi connectivity index (χ0v) is 29.8. The summed E-state index contributed by atoms with van der Waals surface area (Å²) in [4.78, 5) is 12.7. The molecule has 1 aliphatic heterocycles. The van der Waals surface area contributed by atoms with Crippen LogP contribution >= 0.6 is 0 Å². The molecule has 1 saturated heterocycles. The van der Waals surface area contributed by atoms with Crippen LogP contribution in [-0.4, -0.2) is 89.6 Å². The van der Waals surface area contributed by atoms with Crippen molar-refractivity contribution in [2.75, 3.05) is 26.4 Å². The van der Waals surface area contributed by atoms with Crippen LogP contribution in [0, 0.1) is 0 Å². The molecule has 9 nitrogen and oxygen atoms in total. The van der Waals surface area contributed by atoms with Crippen LogP contribution in [0.3, 0.4) is 0 Å². The highest BCUT2D eigenvalue weighted by molar-refractivity contribution is 5.69. The molecule has 47 heavy (non-hydrogen) atoms. The Labute approximate surface area is 286 Å². The zero-order chi connectivity index (χ0) is 34.4. The summed E-state index contributed by atoms with van der Waals surface area (Å²) in [6, 6.07) is 0. The summed E-state index contributed by atoms with van der Waals surface area (Å²) in [6.45, 7) is 4.49. The maximum Gasteiger partial charge on any atom is 0.306 e. The standard InChI is InChI=1S/C38H70O9/c1-3-5-7-9-11-13-14-15-16-17-18-19-20-21-23-25-27-34(40)46-32(30-44-28-26-24-22-12-10-8-6-4-2)31-45-38-37(43)36(42)35(41)33(29-39)47-38/h13-14,16-17,32-33,35-39,41-43H,3-12,15,18-31H2,1-2H3/b14-13-,17-16-. The van der Waals surface area contributed by atoms with E-state index in [0.29, 0.717) is 13.0 Å². The van der Waals surface area contributed by atoms with Gasteiger partial charge >= 0.3 is 5.97 Å². The molecule has 6 unspecified atom stereocenters. The number of allylic oxidation sites excluding steroid dienone is 4. The number of esters is 1. The lowest BCUT2D eigenvalue weighted by Crippen LogP contribution is -2.59. The second-order valence-corrected chi connectivity index (χ2v) is 13.0. The van der Waals surface area contributed by atoms with Crippen LogP contribution in [0.25, 0.3) is 0 Å². The highest BCUT2D eigenvalue weighted by Crippen LogP contribution is 2.22. The molecule has 0 spiro atoms. The first-order valence-electron chi connectivity index (χ1n) is 18.9. The Kier molecular flexibility index (Phi) is 28.5. The molecule has 0 aromatic heterocycles. The van der Waals surface area contributed by atoms with Gasteiger partial charge in [-0.1, -0.05) is 122 Å². The lowest BCUT2D eigenvalue weighted by molar-refractivity contribution is -0.305. The molecule has 1 rings (SSSR count). The third kappa shape index (κ3) is 22.8. The minimum Gasteiger partial charge on any atom is -0.457 e. The average molecular weight is 671 g/mol. The monoisotopic (exact) mass is 671 g/mol. The summed E-state index contributed by atoms with van der Waals surface area (Å²) in [7, 11) is 0. The average Bonchev–Trinajstić information content (AvgIpc) is 3.07. The maximum absolute atomic E-state index is 12.7. The Morgan fingerprint density at radius 3 is 1.85 bits per heavy atom. The number of hydrogen-bond acceptors (Lipinski definition) is 9. The predicted molar refractivity (Wildman–Crippen MR) is 187 cm³/mol. The molecule has 276 valence electrons. The molecule has 0 aliphatic carbocycles. The van der Waals surface area contributed by atoms with E-state index in [0.717, 1.165) is 57.8 Å². The molecule has 0 aromatic rings. The van der Waals surface area contributed by atoms with Gasteiger partial charge in [-0.2, -0.15) is 0 Å². The lowest BCUT2D eigenvalue weighted by Gasteiger charge is -2.39. The molecule has 1 heterocycles. The Hall–Kier alpha value is -1.33. The fourth-order valence-electron chi connectivity index (χ4n) is 5.58. The molecule has 1 fully saturated rings. The van der Waals surface area contributed by atoms with Gasteiger partial charge in [-0.3, -0.25) is 4.79 Å². The molecule has 0 aromatic carbocycles. The zero-order valence-electron chi connectivity index (χ0n) is 29.8. The summed E-state index contributed by atoms with van der Waals surface area (Å²) in [5.74, 6) is -0.329. The molecule has 0 amide bonds. The fraction of sp³-hybridized carbons (Fsp3) is 0.868. The third-order valence-electron chi connectivity index (χ3n) is 8.62. The normalized spacial score (nSPS) is 22.4. The van der Waals surface area contributed by atoms with Gasteiger partial charge < -0.3 is 39.4 Å². The van der Waals surface area contributed by atoms with Crippen molar-refractivity contribution in [2.24, 2.45) is 0 Å². The molecular weight excluding hydrogens is 600 g/mol. The number of rotatable bonds is 31. The van der Waals surface area contributed by atoms with E-state index in [9.17, 15) is 25.2 Å². The first-order valence-corrected chi connectivity index (χ1v) is 18.9. The van der Waals surface area contributed by atoms with Crippen molar-refractivity contribution in [1.29, 1.82) is 0 Å². The van der Waals surface area contributed by atoms with Crippen molar-refractivity contribution in [2.45, 2.75) is 185 Å². The van der Waals surface area contributed by atoms with E-state index < -0.39 is 43.4 Å². The molecular formula is C38H70O9. The number of aliphatic hydroxyl groups excluding tert-OH is 4. The van der Waals surface area contributed by atoms with Gasteiger partial charge in [-0.05, 0) is 44.9 Å². The van der Waals surface area contributed by atoms with Gasteiger partial charge in [0, 0.05) is 13.0 Å². The van der Waals surface area contributed by atoms with Crippen LogP contribution in [0.5, 0.6) is 0 Å². The van der Waals surface area contributed by atoms with Gasteiger partial charge in [0.15, 0.2) is 6.29 Å². The van der Waals surface area contributed by atoms with E-state index in [4.69, 9.17) is 18.9 Å². The summed E-state index contributed by atoms with van der Waals surface area (Å²) in [5.41, 5.74) is 0. The second-order valence-electron chi connectivity index (χ2n) is 13.0. The van der Waals surface area contributed by atoms with Crippen LogP contribution in [0.1, 0.15) is 149 Å². The highest BCUT2D eigenvalue weighted by Gasteiger charge is 2.44. The van der Waals surface area contributed by atoms with Crippen molar-refractivity contribution < 1.29 is 44.2 Å². The van der Waals surface area contributed by atoms with Crippen molar-refractivity contribution in [3.63, 3.8) is 0 Å². The van der Waals surface area contributed by atoms with Gasteiger partial charge in [0.1, 0.15) is 30.5 Å². The van der Waals surface area contributed by atoms with Gasteiger partial charge in [-0.25, -0.2) is 0 Å². The van der Waals surface area contributed by atoms with Gasteiger partial charge in [0.05, 0.1) is 19.8 Å². The first-order chi connectivity index (χ1) is 22.9. The number of carbonyl (C=O) groups excluding carboxylic acids is 1. The van der Waals surface area contributed by atoms with Crippen LogP contribution < -0.4 is 0 Å². The highest BCUT2D eigenvalue weighted by atomic mass is 16.7. The van der Waals surface area contributed by atoms with Crippen molar-refractivity contribution in [1.82, 2.24) is 0 Å². The molecule has 1 aliphatic rings. The minimum absolute atomic E-state index is 0.117. The minimum atomic E-state index is -1.53. The first kappa shape index (κ1) is 43.7. The molecule has 0 saturated carbocycles. The predicted octanol–water partition coefficient (Wildman–Crippen LogP) is 7.08. The van der Waals surface area contributed by atoms with Crippen molar-refractivity contribution >= 4 is 5.97 Å². The molecule has 0 radical (unpaired) electrons. The number of carbonyl (C=O) groups is 1. The lowest BCUT2D eigenvalue weighted by atomic mass is 9.99. The molecule has 9 heteroatoms. The summed E-state index contributed by atoms with van der Waals surface area (Å²) < 4.78 is 22.6. The number of hydrogen-bond donors (Lipinski definition) is 4. The van der Waals surface area contributed by atoms with Crippen LogP contribution in [0.4, 0.5) is 0 Å². The summed E-state index contributed by atoms with van der Waals surface area (Å²) in [6.07, 6.45) is 24.9. The Bertz CT molecular complexity index is 772. The smallest absolute Gasteiger partial charge is 0.306 e.